The Morgan fingerprint density at radius 3 is 2.68 bits per heavy atom. The minimum absolute atomic E-state index is 0. The minimum Gasteiger partial charge on any atom is -0.357 e. The Bertz CT molecular complexity index is 647. The second kappa shape index (κ2) is 10.4. The molecule has 0 amide bonds. The summed E-state index contributed by atoms with van der Waals surface area (Å²) < 4.78 is 1.97. The number of benzene rings is 1. The monoisotopic (exact) mass is 453 g/mol. The summed E-state index contributed by atoms with van der Waals surface area (Å²) >= 11 is 0. The molecule has 1 aliphatic rings. The average Bonchev–Trinajstić information content (AvgIpc) is 3.26. The van der Waals surface area contributed by atoms with Gasteiger partial charge in [0.25, 0.3) is 0 Å². The normalized spacial score (nSPS) is 15.0. The van der Waals surface area contributed by atoms with Gasteiger partial charge >= 0.3 is 0 Å². The Kier molecular flexibility index (Phi) is 8.24. The molecule has 136 valence electrons. The van der Waals surface area contributed by atoms with Crippen molar-refractivity contribution >= 4 is 29.9 Å². The van der Waals surface area contributed by atoms with Gasteiger partial charge in [0.1, 0.15) is 0 Å². The van der Waals surface area contributed by atoms with Gasteiger partial charge in [-0.05, 0) is 25.3 Å². The van der Waals surface area contributed by atoms with E-state index in [1.54, 1.807) is 0 Å². The summed E-state index contributed by atoms with van der Waals surface area (Å²) in [5, 5.41) is 11.3. The van der Waals surface area contributed by atoms with Crippen LogP contribution >= 0.6 is 24.0 Å². The van der Waals surface area contributed by atoms with E-state index in [1.165, 1.54) is 31.2 Å². The largest absolute Gasteiger partial charge is 0.357 e. The average molecular weight is 453 g/mol. The molecule has 25 heavy (non-hydrogen) atoms. The first-order valence-corrected chi connectivity index (χ1v) is 8.93. The number of nitrogens with one attached hydrogen (secondary N) is 2. The lowest BCUT2D eigenvalue weighted by atomic mass is 10.2. The smallest absolute Gasteiger partial charge is 0.191 e. The highest BCUT2D eigenvalue weighted by atomic mass is 127. The highest BCUT2D eigenvalue weighted by molar-refractivity contribution is 14.0. The summed E-state index contributed by atoms with van der Waals surface area (Å²) in [6.45, 7) is 4.43. The van der Waals surface area contributed by atoms with Crippen molar-refractivity contribution < 1.29 is 0 Å². The molecule has 1 aromatic heterocycles. The molecule has 0 unspecified atom stereocenters. The third-order valence-corrected chi connectivity index (χ3v) is 4.33. The standard InChI is InChI=1S/C19H27N5.HI/c1-2-20-19(23-18-10-6-7-11-18)21-12-17-13-22-24(15-17)14-16-8-4-3-5-9-16;/h3-5,8-9,13,15,18H,2,6-7,10-12,14H2,1H3,(H2,20,21,23);1H. The number of halogens is 1. The van der Waals surface area contributed by atoms with E-state index < -0.39 is 0 Å². The van der Waals surface area contributed by atoms with Gasteiger partial charge in [0.05, 0.1) is 19.3 Å². The topological polar surface area (TPSA) is 54.2 Å². The molecule has 1 fully saturated rings. The molecular weight excluding hydrogens is 425 g/mol. The first-order chi connectivity index (χ1) is 11.8. The van der Waals surface area contributed by atoms with Crippen molar-refractivity contribution in [1.29, 1.82) is 0 Å². The molecule has 0 bridgehead atoms. The lowest BCUT2D eigenvalue weighted by molar-refractivity contribution is 0.614. The lowest BCUT2D eigenvalue weighted by Crippen LogP contribution is -2.42. The number of guanidine groups is 1. The molecule has 2 N–H and O–H groups in total. The quantitative estimate of drug-likeness (QED) is 0.400. The zero-order valence-corrected chi connectivity index (χ0v) is 17.1. The molecule has 3 rings (SSSR count). The zero-order chi connectivity index (χ0) is 16.6. The van der Waals surface area contributed by atoms with E-state index in [2.05, 4.69) is 53.1 Å². The Hall–Kier alpha value is -1.57. The van der Waals surface area contributed by atoms with Crippen molar-refractivity contribution in [2.45, 2.75) is 51.7 Å². The van der Waals surface area contributed by atoms with Crippen LogP contribution in [0.3, 0.4) is 0 Å². The SMILES string of the molecule is CCNC(=NCc1cnn(Cc2ccccc2)c1)NC1CCCC1.I. The highest BCUT2D eigenvalue weighted by Crippen LogP contribution is 2.17. The van der Waals surface area contributed by atoms with Crippen molar-refractivity contribution in [3.05, 3.63) is 53.9 Å². The third kappa shape index (κ3) is 6.34. The Morgan fingerprint density at radius 1 is 1.20 bits per heavy atom. The Balaban J connectivity index is 0.00000225. The van der Waals surface area contributed by atoms with Crippen LogP contribution in [0, 0.1) is 0 Å². The van der Waals surface area contributed by atoms with Crippen LogP contribution in [-0.2, 0) is 13.1 Å². The van der Waals surface area contributed by atoms with Crippen LogP contribution in [0.25, 0.3) is 0 Å². The molecule has 0 atom stereocenters. The van der Waals surface area contributed by atoms with Gasteiger partial charge in [0, 0.05) is 24.3 Å². The summed E-state index contributed by atoms with van der Waals surface area (Å²) in [5.41, 5.74) is 2.39. The fraction of sp³-hybridized carbons (Fsp3) is 0.474. The lowest BCUT2D eigenvalue weighted by Gasteiger charge is -2.16. The molecule has 1 aromatic carbocycles. The second-order valence-corrected chi connectivity index (χ2v) is 6.35. The Morgan fingerprint density at radius 2 is 1.96 bits per heavy atom. The van der Waals surface area contributed by atoms with Gasteiger partial charge in [-0.1, -0.05) is 43.2 Å². The number of aliphatic imine (C=N–C) groups is 1. The maximum Gasteiger partial charge on any atom is 0.191 e. The van der Waals surface area contributed by atoms with Crippen LogP contribution in [0.4, 0.5) is 0 Å². The number of rotatable bonds is 6. The van der Waals surface area contributed by atoms with Crippen LogP contribution in [0.2, 0.25) is 0 Å². The van der Waals surface area contributed by atoms with E-state index in [4.69, 9.17) is 4.99 Å². The van der Waals surface area contributed by atoms with E-state index in [-0.39, 0.29) is 24.0 Å². The molecule has 0 aliphatic heterocycles. The fourth-order valence-electron chi connectivity index (χ4n) is 3.10. The minimum atomic E-state index is 0. The molecule has 0 spiro atoms. The van der Waals surface area contributed by atoms with E-state index in [1.807, 2.05) is 16.9 Å². The van der Waals surface area contributed by atoms with Crippen molar-refractivity contribution in [3.8, 4) is 0 Å². The first-order valence-electron chi connectivity index (χ1n) is 8.93. The summed E-state index contributed by atoms with van der Waals surface area (Å²) in [6, 6.07) is 11.0. The first kappa shape index (κ1) is 19.8. The molecule has 0 saturated heterocycles. The number of nitrogens with zero attached hydrogens (tertiary/aromatic N) is 3. The number of hydrogen-bond acceptors (Lipinski definition) is 2. The number of aromatic nitrogens is 2. The maximum atomic E-state index is 4.71. The predicted octanol–water partition coefficient (Wildman–Crippen LogP) is 3.55. The maximum absolute atomic E-state index is 4.71. The fourth-order valence-corrected chi connectivity index (χ4v) is 3.10. The second-order valence-electron chi connectivity index (χ2n) is 6.35. The van der Waals surface area contributed by atoms with Gasteiger partial charge in [-0.25, -0.2) is 4.99 Å². The van der Waals surface area contributed by atoms with E-state index >= 15 is 0 Å². The summed E-state index contributed by atoms with van der Waals surface area (Å²) in [7, 11) is 0. The van der Waals surface area contributed by atoms with Crippen molar-refractivity contribution in [2.24, 2.45) is 4.99 Å². The van der Waals surface area contributed by atoms with Crippen molar-refractivity contribution in [3.63, 3.8) is 0 Å². The van der Waals surface area contributed by atoms with Crippen LogP contribution in [0.15, 0.2) is 47.7 Å². The Labute approximate surface area is 167 Å². The summed E-state index contributed by atoms with van der Waals surface area (Å²) in [6.07, 6.45) is 9.13. The third-order valence-electron chi connectivity index (χ3n) is 4.33. The molecular formula is C19H28IN5. The van der Waals surface area contributed by atoms with Gasteiger partial charge in [0.15, 0.2) is 5.96 Å². The van der Waals surface area contributed by atoms with E-state index in [0.29, 0.717) is 12.6 Å². The van der Waals surface area contributed by atoms with Crippen LogP contribution < -0.4 is 10.6 Å². The van der Waals surface area contributed by atoms with Crippen molar-refractivity contribution in [1.82, 2.24) is 20.4 Å². The molecule has 0 radical (unpaired) electrons. The van der Waals surface area contributed by atoms with Gasteiger partial charge in [-0.2, -0.15) is 5.10 Å². The van der Waals surface area contributed by atoms with Crippen LogP contribution in [-0.4, -0.2) is 28.3 Å². The summed E-state index contributed by atoms with van der Waals surface area (Å²) in [4.78, 5) is 4.71. The zero-order valence-electron chi connectivity index (χ0n) is 14.8. The molecule has 6 heteroatoms. The molecule has 2 aromatic rings. The molecule has 1 heterocycles. The van der Waals surface area contributed by atoms with Gasteiger partial charge in [-0.15, -0.1) is 24.0 Å². The van der Waals surface area contributed by atoms with Crippen LogP contribution in [0.5, 0.6) is 0 Å². The van der Waals surface area contributed by atoms with Gasteiger partial charge in [0.2, 0.25) is 0 Å². The van der Waals surface area contributed by atoms with E-state index in [0.717, 1.165) is 24.6 Å². The molecule has 5 nitrogen and oxygen atoms in total. The molecule has 1 aliphatic carbocycles. The number of hydrogen-bond donors (Lipinski definition) is 2. The predicted molar refractivity (Wildman–Crippen MR) is 113 cm³/mol. The van der Waals surface area contributed by atoms with Crippen molar-refractivity contribution in [2.75, 3.05) is 6.54 Å². The highest BCUT2D eigenvalue weighted by Gasteiger charge is 2.15. The van der Waals surface area contributed by atoms with Crippen LogP contribution in [0.1, 0.15) is 43.7 Å². The van der Waals surface area contributed by atoms with Gasteiger partial charge < -0.3 is 10.6 Å². The van der Waals surface area contributed by atoms with E-state index in [9.17, 15) is 0 Å². The molecule has 1 saturated carbocycles. The summed E-state index contributed by atoms with van der Waals surface area (Å²) in [5.74, 6) is 0.917. The van der Waals surface area contributed by atoms with Gasteiger partial charge in [-0.3, -0.25) is 4.68 Å².